The highest BCUT2D eigenvalue weighted by Gasteiger charge is 2.19. The molecule has 136 valence electrons. The molecule has 3 aromatic heterocycles. The number of fused-ring (bicyclic) bond motifs is 1. The fourth-order valence-corrected chi connectivity index (χ4v) is 3.49. The van der Waals surface area contributed by atoms with Gasteiger partial charge < -0.3 is 10.4 Å². The Kier molecular flexibility index (Phi) is 5.03. The van der Waals surface area contributed by atoms with Gasteiger partial charge in [0.25, 0.3) is 5.91 Å². The van der Waals surface area contributed by atoms with Crippen LogP contribution in [0.4, 0.5) is 0 Å². The van der Waals surface area contributed by atoms with Crippen LogP contribution in [0.5, 0.6) is 0 Å². The minimum absolute atomic E-state index is 0.0732. The molecule has 26 heavy (non-hydrogen) atoms. The summed E-state index contributed by atoms with van der Waals surface area (Å²) >= 11 is 1.61. The van der Waals surface area contributed by atoms with E-state index in [4.69, 9.17) is 10.1 Å². The number of aryl methyl sites for hydroxylation is 1. The summed E-state index contributed by atoms with van der Waals surface area (Å²) in [6.07, 6.45) is 1.51. The third-order valence-electron chi connectivity index (χ3n) is 3.92. The van der Waals surface area contributed by atoms with Crippen molar-refractivity contribution in [2.45, 2.75) is 33.2 Å². The second kappa shape index (κ2) is 7.25. The number of hydrogen-bond acceptors (Lipinski definition) is 5. The van der Waals surface area contributed by atoms with E-state index in [9.17, 15) is 9.59 Å². The molecule has 0 atom stereocenters. The summed E-state index contributed by atoms with van der Waals surface area (Å²) in [6, 6.07) is 5.84. The fourth-order valence-electron chi connectivity index (χ4n) is 2.66. The summed E-state index contributed by atoms with van der Waals surface area (Å²) in [5.41, 5.74) is 1.81. The molecule has 3 heterocycles. The highest BCUT2D eigenvalue weighted by Crippen LogP contribution is 2.30. The zero-order valence-corrected chi connectivity index (χ0v) is 15.6. The third kappa shape index (κ3) is 3.60. The maximum atomic E-state index is 12.6. The van der Waals surface area contributed by atoms with Crippen molar-refractivity contribution in [3.05, 3.63) is 34.8 Å². The van der Waals surface area contributed by atoms with E-state index in [1.54, 1.807) is 28.3 Å². The predicted molar refractivity (Wildman–Crippen MR) is 101 cm³/mol. The van der Waals surface area contributed by atoms with Crippen LogP contribution in [0, 0.1) is 6.92 Å². The molecule has 2 N–H and O–H groups in total. The summed E-state index contributed by atoms with van der Waals surface area (Å²) in [5, 5.41) is 16.4. The van der Waals surface area contributed by atoms with E-state index in [1.807, 2.05) is 32.9 Å². The number of carbonyl (C=O) groups is 2. The quantitative estimate of drug-likeness (QED) is 0.692. The average molecular weight is 372 g/mol. The van der Waals surface area contributed by atoms with Crippen molar-refractivity contribution in [2.24, 2.45) is 0 Å². The van der Waals surface area contributed by atoms with Crippen molar-refractivity contribution in [3.63, 3.8) is 0 Å². The molecule has 7 nitrogen and oxygen atoms in total. The van der Waals surface area contributed by atoms with Gasteiger partial charge in [-0.05, 0) is 39.0 Å². The summed E-state index contributed by atoms with van der Waals surface area (Å²) in [5.74, 6) is -1.27. The van der Waals surface area contributed by atoms with Crippen LogP contribution < -0.4 is 5.32 Å². The number of rotatable bonds is 6. The lowest BCUT2D eigenvalue weighted by atomic mass is 10.1. The second-order valence-corrected chi connectivity index (χ2v) is 7.57. The number of carboxylic acid groups (broad SMARTS) is 1. The Morgan fingerprint density at radius 3 is 2.73 bits per heavy atom. The molecule has 0 aliphatic heterocycles. The van der Waals surface area contributed by atoms with Crippen LogP contribution in [0.1, 0.15) is 41.5 Å². The van der Waals surface area contributed by atoms with Crippen molar-refractivity contribution in [1.29, 1.82) is 0 Å². The van der Waals surface area contributed by atoms with Crippen molar-refractivity contribution in [2.75, 3.05) is 6.54 Å². The minimum atomic E-state index is -0.951. The van der Waals surface area contributed by atoms with Crippen molar-refractivity contribution < 1.29 is 14.7 Å². The first-order valence-electron chi connectivity index (χ1n) is 8.32. The third-order valence-corrected chi connectivity index (χ3v) is 4.94. The maximum absolute atomic E-state index is 12.6. The molecular formula is C18H20N4O3S. The smallest absolute Gasteiger partial charge is 0.305 e. The standard InChI is InChI=1S/C18H20N4O3S/c1-10(2)22-17-13(9-20-22)12(18(25)19-7-6-16(23)24)8-14(21-17)15-5-4-11(3)26-15/h4-5,8-10H,6-7H2,1-3H3,(H,19,25)(H,23,24). The van der Waals surface area contributed by atoms with Gasteiger partial charge in [-0.25, -0.2) is 9.67 Å². The lowest BCUT2D eigenvalue weighted by Gasteiger charge is -2.10. The molecule has 0 fully saturated rings. The van der Waals surface area contributed by atoms with Gasteiger partial charge in [0.1, 0.15) is 0 Å². The number of amides is 1. The van der Waals surface area contributed by atoms with E-state index in [0.29, 0.717) is 22.3 Å². The molecule has 3 rings (SSSR count). The van der Waals surface area contributed by atoms with E-state index < -0.39 is 5.97 Å². The van der Waals surface area contributed by atoms with E-state index in [0.717, 1.165) is 9.75 Å². The van der Waals surface area contributed by atoms with E-state index in [-0.39, 0.29) is 24.9 Å². The molecule has 0 saturated carbocycles. The number of carboxylic acids is 1. The van der Waals surface area contributed by atoms with Gasteiger partial charge in [-0.15, -0.1) is 11.3 Å². The molecule has 0 aliphatic carbocycles. The summed E-state index contributed by atoms with van der Waals surface area (Å²) in [4.78, 5) is 30.2. The number of carbonyl (C=O) groups excluding carboxylic acids is 1. The molecule has 1 amide bonds. The largest absolute Gasteiger partial charge is 0.481 e. The highest BCUT2D eigenvalue weighted by atomic mass is 32.1. The zero-order valence-electron chi connectivity index (χ0n) is 14.8. The number of thiophene rings is 1. The number of aliphatic carboxylic acids is 1. The highest BCUT2D eigenvalue weighted by molar-refractivity contribution is 7.15. The summed E-state index contributed by atoms with van der Waals surface area (Å²) in [6.45, 7) is 6.10. The van der Waals surface area contributed by atoms with Crippen LogP contribution in [0.15, 0.2) is 24.4 Å². The Morgan fingerprint density at radius 1 is 1.35 bits per heavy atom. The number of hydrogen-bond donors (Lipinski definition) is 2. The fraction of sp³-hybridized carbons (Fsp3) is 0.333. The molecule has 0 saturated heterocycles. The van der Waals surface area contributed by atoms with Gasteiger partial charge in [0.2, 0.25) is 0 Å². The van der Waals surface area contributed by atoms with Crippen molar-refractivity contribution in [1.82, 2.24) is 20.1 Å². The minimum Gasteiger partial charge on any atom is -0.481 e. The molecule has 0 radical (unpaired) electrons. The Hall–Kier alpha value is -2.74. The number of pyridine rings is 1. The lowest BCUT2D eigenvalue weighted by molar-refractivity contribution is -0.136. The number of nitrogens with one attached hydrogen (secondary N) is 1. The average Bonchev–Trinajstić information content (AvgIpc) is 3.19. The maximum Gasteiger partial charge on any atom is 0.305 e. The first-order valence-corrected chi connectivity index (χ1v) is 9.13. The van der Waals surface area contributed by atoms with Crippen LogP contribution in [0.25, 0.3) is 21.6 Å². The SMILES string of the molecule is Cc1ccc(-c2cc(C(=O)NCCC(=O)O)c3cnn(C(C)C)c3n2)s1. The molecular weight excluding hydrogens is 352 g/mol. The monoisotopic (exact) mass is 372 g/mol. The molecule has 0 spiro atoms. The Bertz CT molecular complexity index is 974. The Balaban J connectivity index is 2.08. The van der Waals surface area contributed by atoms with Gasteiger partial charge in [-0.2, -0.15) is 5.10 Å². The molecule has 0 unspecified atom stereocenters. The van der Waals surface area contributed by atoms with Crippen LogP contribution in [-0.2, 0) is 4.79 Å². The Morgan fingerprint density at radius 2 is 2.12 bits per heavy atom. The molecule has 8 heteroatoms. The lowest BCUT2D eigenvalue weighted by Crippen LogP contribution is -2.26. The summed E-state index contributed by atoms with van der Waals surface area (Å²) < 4.78 is 1.79. The van der Waals surface area contributed by atoms with Crippen LogP contribution in [-0.4, -0.2) is 38.3 Å². The normalized spacial score (nSPS) is 11.2. The van der Waals surface area contributed by atoms with E-state index >= 15 is 0 Å². The summed E-state index contributed by atoms with van der Waals surface area (Å²) in [7, 11) is 0. The van der Waals surface area contributed by atoms with Gasteiger partial charge in [-0.1, -0.05) is 0 Å². The van der Waals surface area contributed by atoms with Crippen LogP contribution in [0.2, 0.25) is 0 Å². The van der Waals surface area contributed by atoms with Gasteiger partial charge >= 0.3 is 5.97 Å². The van der Waals surface area contributed by atoms with E-state index in [2.05, 4.69) is 10.4 Å². The molecule has 0 bridgehead atoms. The molecule has 0 aliphatic rings. The van der Waals surface area contributed by atoms with Crippen LogP contribution >= 0.6 is 11.3 Å². The van der Waals surface area contributed by atoms with Gasteiger partial charge in [0.15, 0.2) is 5.65 Å². The van der Waals surface area contributed by atoms with Crippen molar-refractivity contribution in [3.8, 4) is 10.6 Å². The number of aromatic nitrogens is 3. The first kappa shape index (κ1) is 18.1. The molecule has 0 aromatic carbocycles. The first-order chi connectivity index (χ1) is 12.4. The van der Waals surface area contributed by atoms with Crippen molar-refractivity contribution >= 4 is 34.2 Å². The topological polar surface area (TPSA) is 97.1 Å². The van der Waals surface area contributed by atoms with Crippen LogP contribution in [0.3, 0.4) is 0 Å². The predicted octanol–water partition coefficient (Wildman–Crippen LogP) is 3.25. The number of nitrogens with zero attached hydrogens (tertiary/aromatic N) is 3. The zero-order chi connectivity index (χ0) is 18.8. The van der Waals surface area contributed by atoms with E-state index in [1.165, 1.54) is 0 Å². The van der Waals surface area contributed by atoms with Gasteiger partial charge in [0, 0.05) is 17.5 Å². The van der Waals surface area contributed by atoms with Gasteiger partial charge in [-0.3, -0.25) is 9.59 Å². The second-order valence-electron chi connectivity index (χ2n) is 6.29. The Labute approximate surface area is 154 Å². The molecule has 3 aromatic rings. The van der Waals surface area contributed by atoms with Gasteiger partial charge in [0.05, 0.1) is 34.1 Å².